The number of nitrogens with zero attached hydrogens (tertiary/aromatic N) is 5. The maximum absolute atomic E-state index is 13.5. The Bertz CT molecular complexity index is 2310. The average molecular weight is 752 g/mol. The van der Waals surface area contributed by atoms with Crippen LogP contribution in [0.5, 0.6) is 0 Å². The van der Waals surface area contributed by atoms with E-state index in [0.717, 1.165) is 53.8 Å². The molecule has 1 aliphatic rings. The van der Waals surface area contributed by atoms with Crippen molar-refractivity contribution in [3.63, 3.8) is 0 Å². The average Bonchev–Trinajstić information content (AvgIpc) is 3.84. The molecule has 0 bridgehead atoms. The van der Waals surface area contributed by atoms with Gasteiger partial charge >= 0.3 is 0 Å². The van der Waals surface area contributed by atoms with Gasteiger partial charge in [0.1, 0.15) is 0 Å². The minimum atomic E-state index is -3.80. The highest BCUT2D eigenvalue weighted by atomic mass is 32.2. The van der Waals surface area contributed by atoms with Crippen molar-refractivity contribution < 1.29 is 8.42 Å². The van der Waals surface area contributed by atoms with E-state index in [4.69, 9.17) is 0 Å². The molecule has 0 amide bonds. The Balaban J connectivity index is 0.000000199. The summed E-state index contributed by atoms with van der Waals surface area (Å²) in [4.78, 5) is 7.30. The molecule has 8 rings (SSSR count). The summed E-state index contributed by atoms with van der Waals surface area (Å²) in [5.41, 5.74) is 4.18. The van der Waals surface area contributed by atoms with Crippen molar-refractivity contribution >= 4 is 51.0 Å². The Kier molecular flexibility index (Phi) is 11.9. The summed E-state index contributed by atoms with van der Waals surface area (Å²) in [6.45, 7) is 8.14. The largest absolute Gasteiger partial charge is 0.301 e. The van der Waals surface area contributed by atoms with Crippen molar-refractivity contribution in [3.8, 4) is 11.1 Å². The van der Waals surface area contributed by atoms with E-state index < -0.39 is 17.9 Å². The van der Waals surface area contributed by atoms with Gasteiger partial charge in [-0.05, 0) is 87.4 Å². The highest BCUT2D eigenvalue weighted by Gasteiger charge is 2.24. The number of pyridine rings is 1. The molecule has 1 fully saturated rings. The fraction of sp³-hybridized carbons (Fsp3) is 0.200. The van der Waals surface area contributed by atoms with Gasteiger partial charge in [-0.1, -0.05) is 127 Å². The molecule has 274 valence electrons. The molecule has 0 aliphatic carbocycles. The minimum absolute atomic E-state index is 0.232. The predicted molar refractivity (Wildman–Crippen MR) is 225 cm³/mol. The van der Waals surface area contributed by atoms with Crippen LogP contribution in [0.25, 0.3) is 28.2 Å². The van der Waals surface area contributed by atoms with Crippen LogP contribution in [0.4, 0.5) is 0 Å². The fourth-order valence-corrected chi connectivity index (χ4v) is 10.5. The van der Waals surface area contributed by atoms with E-state index in [1.807, 2.05) is 43.1 Å². The monoisotopic (exact) mass is 751 g/mol. The van der Waals surface area contributed by atoms with Crippen LogP contribution in [0.2, 0.25) is 0 Å². The van der Waals surface area contributed by atoms with Gasteiger partial charge in [0.05, 0.1) is 17.6 Å². The van der Waals surface area contributed by atoms with E-state index in [2.05, 4.69) is 106 Å². The second kappa shape index (κ2) is 17.3. The van der Waals surface area contributed by atoms with E-state index in [1.54, 1.807) is 42.7 Å². The lowest BCUT2D eigenvalue weighted by Gasteiger charge is -2.26. The van der Waals surface area contributed by atoms with Crippen LogP contribution in [0.15, 0.2) is 163 Å². The second-order valence-electron chi connectivity index (χ2n) is 13.8. The molecule has 0 saturated carbocycles. The van der Waals surface area contributed by atoms with Crippen LogP contribution < -0.4 is 15.9 Å². The summed E-state index contributed by atoms with van der Waals surface area (Å²) in [5.74, 6) is 0. The van der Waals surface area contributed by atoms with Crippen LogP contribution >= 0.6 is 7.92 Å². The van der Waals surface area contributed by atoms with Gasteiger partial charge in [0.15, 0.2) is 5.65 Å². The minimum Gasteiger partial charge on any atom is -0.301 e. The Morgan fingerprint density at radius 2 is 1.26 bits per heavy atom. The summed E-state index contributed by atoms with van der Waals surface area (Å²) in [7, 11) is -4.25. The smallest absolute Gasteiger partial charge is 0.269 e. The molecule has 4 heterocycles. The van der Waals surface area contributed by atoms with Crippen molar-refractivity contribution in [1.82, 2.24) is 23.6 Å². The van der Waals surface area contributed by atoms with Gasteiger partial charge in [-0.25, -0.2) is 17.4 Å². The predicted octanol–water partition coefficient (Wildman–Crippen LogP) is 8.49. The van der Waals surface area contributed by atoms with Crippen molar-refractivity contribution in [2.24, 2.45) is 0 Å². The zero-order valence-corrected chi connectivity index (χ0v) is 32.6. The number of piperidine rings is 1. The van der Waals surface area contributed by atoms with Crippen LogP contribution in [0.3, 0.4) is 0 Å². The molecule has 0 unspecified atom stereocenters. The third-order valence-electron chi connectivity index (χ3n) is 9.47. The topological polar surface area (TPSA) is 73.0 Å². The van der Waals surface area contributed by atoms with Crippen molar-refractivity contribution in [3.05, 3.63) is 163 Å². The Morgan fingerprint density at radius 1 is 0.704 bits per heavy atom. The van der Waals surface area contributed by atoms with E-state index in [1.165, 1.54) is 39.1 Å². The van der Waals surface area contributed by atoms with Crippen LogP contribution in [-0.4, -0.2) is 51.7 Å². The van der Waals surface area contributed by atoms with Crippen LogP contribution in [0.1, 0.15) is 38.7 Å². The SMILES string of the molecule is CC(C)=Cc1cnc2c(c1)c(-c1cnn(CCN3CCCCC3)c1)cn2S(=O)(=O)c1ccccc1.c1ccc(P(c2ccccc2)c2ccccc2)cc1. The molecule has 0 N–H and O–H groups in total. The highest BCUT2D eigenvalue weighted by Crippen LogP contribution is 2.34. The van der Waals surface area contributed by atoms with E-state index in [-0.39, 0.29) is 4.90 Å². The molecule has 1 saturated heterocycles. The first-order chi connectivity index (χ1) is 26.4. The zero-order valence-electron chi connectivity index (χ0n) is 30.9. The van der Waals surface area contributed by atoms with Gasteiger partial charge < -0.3 is 4.90 Å². The molecule has 1 aliphatic heterocycles. The number of hydrogen-bond acceptors (Lipinski definition) is 5. The summed E-state index contributed by atoms with van der Waals surface area (Å²) >= 11 is 0. The molecule has 7 aromatic rings. The van der Waals surface area contributed by atoms with E-state index in [9.17, 15) is 8.42 Å². The molecule has 3 aromatic heterocycles. The number of rotatable bonds is 10. The molecule has 9 heteroatoms. The van der Waals surface area contributed by atoms with Crippen molar-refractivity contribution in [1.29, 1.82) is 0 Å². The molecule has 7 nitrogen and oxygen atoms in total. The fourth-order valence-electron chi connectivity index (χ4n) is 6.86. The third kappa shape index (κ3) is 8.79. The third-order valence-corrected chi connectivity index (χ3v) is 13.6. The van der Waals surface area contributed by atoms with Gasteiger partial charge in [-0.2, -0.15) is 5.10 Å². The first kappa shape index (κ1) is 37.2. The Hall–Kier alpha value is -5.14. The summed E-state index contributed by atoms with van der Waals surface area (Å²) in [6.07, 6.45) is 13.1. The Morgan fingerprint density at radius 3 is 1.81 bits per heavy atom. The molecule has 0 spiro atoms. The van der Waals surface area contributed by atoms with Gasteiger partial charge in [0, 0.05) is 41.6 Å². The molecular formula is C45H46N5O2PS. The van der Waals surface area contributed by atoms with Crippen LogP contribution in [-0.2, 0) is 16.6 Å². The number of likely N-dealkylation sites (tertiary alicyclic amines) is 1. The van der Waals surface area contributed by atoms with Gasteiger partial charge in [0.25, 0.3) is 10.0 Å². The Labute approximate surface area is 320 Å². The van der Waals surface area contributed by atoms with E-state index >= 15 is 0 Å². The summed E-state index contributed by atoms with van der Waals surface area (Å²) < 4.78 is 30.3. The molecule has 0 radical (unpaired) electrons. The number of aromatic nitrogens is 4. The van der Waals surface area contributed by atoms with Crippen LogP contribution in [0, 0.1) is 0 Å². The zero-order chi connectivity index (χ0) is 37.3. The maximum atomic E-state index is 13.5. The summed E-state index contributed by atoms with van der Waals surface area (Å²) in [6, 6.07) is 42.8. The van der Waals surface area contributed by atoms with E-state index in [0.29, 0.717) is 5.65 Å². The lowest BCUT2D eigenvalue weighted by Crippen LogP contribution is -2.32. The molecular weight excluding hydrogens is 706 g/mol. The number of allylic oxidation sites excluding steroid dienone is 1. The lowest BCUT2D eigenvalue weighted by atomic mass is 10.1. The first-order valence-electron chi connectivity index (χ1n) is 18.5. The standard InChI is InChI=1S/C27H31N5O2S.C18H15P/c1-21(2)15-22-16-25-26(23-18-29-31(19-23)14-13-30-11-7-4-8-12-30)20-32(27(25)28-17-22)35(33,34)24-9-5-3-6-10-24;1-4-10-16(11-5-1)19(17-12-6-2-7-13-17)18-14-8-3-9-15-18/h3,5-6,9-10,15-20H,4,7-8,11-14H2,1-2H3;1-15H. The quantitative estimate of drug-likeness (QED) is 0.131. The molecule has 4 aromatic carbocycles. The van der Waals surface area contributed by atoms with Gasteiger partial charge in [-0.15, -0.1) is 0 Å². The highest BCUT2D eigenvalue weighted by molar-refractivity contribution is 7.90. The lowest BCUT2D eigenvalue weighted by molar-refractivity contribution is 0.218. The summed E-state index contributed by atoms with van der Waals surface area (Å²) in [5, 5.41) is 9.56. The normalized spacial score (nSPS) is 13.4. The first-order valence-corrected chi connectivity index (χ1v) is 21.3. The molecule has 54 heavy (non-hydrogen) atoms. The number of fused-ring (bicyclic) bond motifs is 1. The molecule has 0 atom stereocenters. The van der Waals surface area contributed by atoms with Gasteiger partial charge in [0.2, 0.25) is 0 Å². The van der Waals surface area contributed by atoms with Crippen molar-refractivity contribution in [2.45, 2.75) is 44.6 Å². The number of benzene rings is 4. The van der Waals surface area contributed by atoms with Gasteiger partial charge in [-0.3, -0.25) is 4.68 Å². The maximum Gasteiger partial charge on any atom is 0.269 e. The van der Waals surface area contributed by atoms with Crippen molar-refractivity contribution in [2.75, 3.05) is 19.6 Å². The number of hydrogen-bond donors (Lipinski definition) is 0. The second-order valence-corrected chi connectivity index (χ2v) is 17.8.